The summed E-state index contributed by atoms with van der Waals surface area (Å²) in [4.78, 5) is 2.10. The van der Waals surface area contributed by atoms with Gasteiger partial charge in [0.2, 0.25) is 0 Å². The largest absolute Gasteiger partial charge is 0.366 e. The van der Waals surface area contributed by atoms with Crippen LogP contribution in [0.25, 0.3) is 0 Å². The van der Waals surface area contributed by atoms with Gasteiger partial charge in [-0.25, -0.2) is 0 Å². The van der Waals surface area contributed by atoms with Crippen LogP contribution >= 0.6 is 0 Å². The number of benzene rings is 1. The Balaban J connectivity index is 2.12. The highest BCUT2D eigenvalue weighted by atomic mass is 16.5. The highest BCUT2D eigenvalue weighted by Crippen LogP contribution is 2.18. The average molecular weight is 213 g/mol. The van der Waals surface area contributed by atoms with E-state index in [1.807, 2.05) is 12.1 Å². The molecule has 0 N–H and O–H groups in total. The first-order valence-corrected chi connectivity index (χ1v) is 5.10. The number of morpholine rings is 1. The fourth-order valence-corrected chi connectivity index (χ4v) is 1.71. The maximum absolute atomic E-state index is 8.79. The lowest BCUT2D eigenvalue weighted by atomic mass is 10.2. The third kappa shape index (κ3) is 2.13. The van der Waals surface area contributed by atoms with Crippen molar-refractivity contribution in [3.8, 4) is 12.1 Å². The van der Waals surface area contributed by atoms with E-state index >= 15 is 0 Å². The molecule has 1 aromatic rings. The van der Waals surface area contributed by atoms with Gasteiger partial charge in [-0.15, -0.1) is 0 Å². The van der Waals surface area contributed by atoms with E-state index in [0.717, 1.165) is 12.2 Å². The Kier molecular flexibility index (Phi) is 3.05. The molecule has 1 fully saturated rings. The maximum Gasteiger partial charge on any atom is 0.161 e. The number of nitrogens with zero attached hydrogens (tertiary/aromatic N) is 3. The molecule has 2 rings (SSSR count). The normalized spacial score (nSPS) is 19.9. The second kappa shape index (κ2) is 4.65. The fraction of sp³-hybridized carbons (Fsp3) is 0.333. The summed E-state index contributed by atoms with van der Waals surface area (Å²) >= 11 is 0. The Bertz CT molecular complexity index is 441. The summed E-state index contributed by atoms with van der Waals surface area (Å²) in [5.41, 5.74) is 1.68. The number of ether oxygens (including phenoxy) is 1. The van der Waals surface area contributed by atoms with Crippen LogP contribution in [0.3, 0.4) is 0 Å². The second-order valence-electron chi connectivity index (χ2n) is 3.59. The Morgan fingerprint density at radius 2 is 2.00 bits per heavy atom. The molecule has 1 aliphatic heterocycles. The molecule has 16 heavy (non-hydrogen) atoms. The van der Waals surface area contributed by atoms with E-state index in [0.29, 0.717) is 18.7 Å². The van der Waals surface area contributed by atoms with Crippen molar-refractivity contribution < 1.29 is 4.74 Å². The summed E-state index contributed by atoms with van der Waals surface area (Å²) in [5.74, 6) is 0. The highest BCUT2D eigenvalue weighted by Gasteiger charge is 2.19. The molecule has 0 amide bonds. The molecule has 1 atom stereocenters. The third-order valence-corrected chi connectivity index (χ3v) is 2.57. The van der Waals surface area contributed by atoms with Gasteiger partial charge >= 0.3 is 0 Å². The number of hydrogen-bond acceptors (Lipinski definition) is 4. The lowest BCUT2D eigenvalue weighted by molar-refractivity contribution is 0.0764. The van der Waals surface area contributed by atoms with Gasteiger partial charge in [0, 0.05) is 12.2 Å². The van der Waals surface area contributed by atoms with Crippen molar-refractivity contribution in [1.82, 2.24) is 0 Å². The molecule has 0 aromatic heterocycles. The van der Waals surface area contributed by atoms with E-state index in [-0.39, 0.29) is 6.10 Å². The van der Waals surface area contributed by atoms with E-state index < -0.39 is 0 Å². The summed E-state index contributed by atoms with van der Waals surface area (Å²) in [7, 11) is 0. The molecule has 1 saturated heterocycles. The maximum atomic E-state index is 8.79. The van der Waals surface area contributed by atoms with Crippen LogP contribution < -0.4 is 4.90 Å². The van der Waals surface area contributed by atoms with Gasteiger partial charge in [0.1, 0.15) is 0 Å². The summed E-state index contributed by atoms with van der Waals surface area (Å²) in [6, 6.07) is 11.6. The number of anilines is 1. The van der Waals surface area contributed by atoms with Gasteiger partial charge in [-0.1, -0.05) is 0 Å². The van der Waals surface area contributed by atoms with Gasteiger partial charge < -0.3 is 9.64 Å². The molecule has 0 bridgehead atoms. The molecule has 4 nitrogen and oxygen atoms in total. The van der Waals surface area contributed by atoms with Gasteiger partial charge in [-0.2, -0.15) is 10.5 Å². The first kappa shape index (κ1) is 10.5. The molecule has 80 valence electrons. The van der Waals surface area contributed by atoms with Crippen molar-refractivity contribution in [3.05, 3.63) is 29.8 Å². The zero-order valence-corrected chi connectivity index (χ0v) is 8.76. The minimum Gasteiger partial charge on any atom is -0.366 e. The molecule has 1 heterocycles. The van der Waals surface area contributed by atoms with E-state index in [1.54, 1.807) is 12.1 Å². The van der Waals surface area contributed by atoms with Gasteiger partial charge in [0.05, 0.1) is 30.9 Å². The number of nitriles is 2. The zero-order valence-electron chi connectivity index (χ0n) is 8.76. The molecule has 1 aromatic carbocycles. The van der Waals surface area contributed by atoms with Gasteiger partial charge in [-0.3, -0.25) is 0 Å². The lowest BCUT2D eigenvalue weighted by Crippen LogP contribution is -2.41. The molecule has 1 aliphatic rings. The molecule has 0 radical (unpaired) electrons. The second-order valence-corrected chi connectivity index (χ2v) is 3.59. The minimum atomic E-state index is -0.357. The van der Waals surface area contributed by atoms with Crippen LogP contribution in [0.15, 0.2) is 24.3 Å². The van der Waals surface area contributed by atoms with Crippen LogP contribution in [-0.2, 0) is 4.74 Å². The lowest BCUT2D eigenvalue weighted by Gasteiger charge is -2.31. The Morgan fingerprint density at radius 3 is 2.62 bits per heavy atom. The average Bonchev–Trinajstić information content (AvgIpc) is 2.39. The molecule has 0 aliphatic carbocycles. The van der Waals surface area contributed by atoms with E-state index in [9.17, 15) is 0 Å². The van der Waals surface area contributed by atoms with Crippen molar-refractivity contribution in [1.29, 1.82) is 10.5 Å². The zero-order chi connectivity index (χ0) is 11.4. The van der Waals surface area contributed by atoms with Crippen LogP contribution in [0.4, 0.5) is 5.69 Å². The minimum absolute atomic E-state index is 0.357. The van der Waals surface area contributed by atoms with Gasteiger partial charge in [0.25, 0.3) is 0 Å². The monoisotopic (exact) mass is 213 g/mol. The quantitative estimate of drug-likeness (QED) is 0.705. The summed E-state index contributed by atoms with van der Waals surface area (Å²) in [5, 5.41) is 17.5. The number of rotatable bonds is 1. The van der Waals surface area contributed by atoms with E-state index in [2.05, 4.69) is 17.0 Å². The summed E-state index contributed by atoms with van der Waals surface area (Å²) in [6.07, 6.45) is -0.357. The highest BCUT2D eigenvalue weighted by molar-refractivity contribution is 5.50. The summed E-state index contributed by atoms with van der Waals surface area (Å²) < 4.78 is 5.27. The molecule has 4 heteroatoms. The van der Waals surface area contributed by atoms with Crippen molar-refractivity contribution in [2.75, 3.05) is 24.6 Å². The molecular formula is C12H11N3O. The van der Waals surface area contributed by atoms with Crippen molar-refractivity contribution in [2.24, 2.45) is 0 Å². The number of hydrogen-bond donors (Lipinski definition) is 0. The molecule has 0 spiro atoms. The summed E-state index contributed by atoms with van der Waals surface area (Å²) in [6.45, 7) is 1.94. The fourth-order valence-electron chi connectivity index (χ4n) is 1.71. The van der Waals surface area contributed by atoms with Gasteiger partial charge in [0.15, 0.2) is 6.10 Å². The standard InChI is InChI=1S/C12H11N3O/c13-7-10-1-3-11(4-2-10)15-5-6-16-12(8-14)9-15/h1-4,12H,5-6,9H2. The van der Waals surface area contributed by atoms with Crippen LogP contribution in [0.2, 0.25) is 0 Å². The van der Waals surface area contributed by atoms with Gasteiger partial charge in [-0.05, 0) is 24.3 Å². The Labute approximate surface area is 94.3 Å². The molecule has 1 unspecified atom stereocenters. The third-order valence-electron chi connectivity index (χ3n) is 2.57. The first-order valence-electron chi connectivity index (χ1n) is 5.10. The van der Waals surface area contributed by atoms with E-state index in [1.165, 1.54) is 0 Å². The van der Waals surface area contributed by atoms with Crippen molar-refractivity contribution in [3.63, 3.8) is 0 Å². The van der Waals surface area contributed by atoms with Crippen molar-refractivity contribution >= 4 is 5.69 Å². The smallest absolute Gasteiger partial charge is 0.161 e. The van der Waals surface area contributed by atoms with Crippen molar-refractivity contribution in [2.45, 2.75) is 6.10 Å². The van der Waals surface area contributed by atoms with Crippen LogP contribution in [0.5, 0.6) is 0 Å². The molecule has 0 saturated carbocycles. The Morgan fingerprint density at radius 1 is 1.25 bits per heavy atom. The topological polar surface area (TPSA) is 60.1 Å². The molecular weight excluding hydrogens is 202 g/mol. The van der Waals surface area contributed by atoms with E-state index in [4.69, 9.17) is 15.3 Å². The Hall–Kier alpha value is -2.04. The SMILES string of the molecule is N#Cc1ccc(N2CCOC(C#N)C2)cc1. The van der Waals surface area contributed by atoms with Crippen LogP contribution in [0.1, 0.15) is 5.56 Å². The predicted octanol–water partition coefficient (Wildman–Crippen LogP) is 1.29. The predicted molar refractivity (Wildman–Crippen MR) is 58.7 cm³/mol. The van der Waals surface area contributed by atoms with Crippen LogP contribution in [-0.4, -0.2) is 25.8 Å². The first-order chi connectivity index (χ1) is 7.83. The van der Waals surface area contributed by atoms with Crippen LogP contribution in [0, 0.1) is 22.7 Å².